The van der Waals surface area contributed by atoms with Crippen LogP contribution < -0.4 is 0 Å². The Kier molecular flexibility index (Phi) is 6.14. The quantitative estimate of drug-likeness (QED) is 0.716. The fourth-order valence-corrected chi connectivity index (χ4v) is 3.31. The Morgan fingerprint density at radius 2 is 2.16 bits per heavy atom. The molecule has 1 saturated carbocycles. The molecule has 106 valence electrons. The van der Waals surface area contributed by atoms with E-state index in [1.54, 1.807) is 7.11 Å². The molecule has 0 N–H and O–H groups in total. The lowest BCUT2D eigenvalue weighted by molar-refractivity contribution is -0.0584. The van der Waals surface area contributed by atoms with Gasteiger partial charge in [0, 0.05) is 17.5 Å². The summed E-state index contributed by atoms with van der Waals surface area (Å²) in [6.07, 6.45) is 5.10. The molecule has 0 aromatic heterocycles. The molecule has 0 aliphatic heterocycles. The molecule has 0 radical (unpaired) electrons. The van der Waals surface area contributed by atoms with E-state index < -0.39 is 0 Å². The van der Waals surface area contributed by atoms with Crippen molar-refractivity contribution in [2.45, 2.75) is 44.0 Å². The molecule has 1 aromatic rings. The predicted octanol–water partition coefficient (Wildman–Crippen LogP) is 4.75. The van der Waals surface area contributed by atoms with Gasteiger partial charge in [0.1, 0.15) is 0 Å². The average Bonchev–Trinajstić information content (AvgIpc) is 2.45. The maximum atomic E-state index is 6.23. The van der Waals surface area contributed by atoms with Gasteiger partial charge in [0.15, 0.2) is 0 Å². The lowest BCUT2D eigenvalue weighted by Crippen LogP contribution is -2.29. The van der Waals surface area contributed by atoms with Crippen molar-refractivity contribution >= 4 is 27.5 Å². The monoisotopic (exact) mass is 346 g/mol. The van der Waals surface area contributed by atoms with E-state index in [-0.39, 0.29) is 12.2 Å². The Hall–Kier alpha value is -0.0900. The van der Waals surface area contributed by atoms with Gasteiger partial charge in [0.05, 0.1) is 18.3 Å². The number of methoxy groups -OCH3 is 1. The van der Waals surface area contributed by atoms with Gasteiger partial charge in [-0.2, -0.15) is 0 Å². The molecule has 1 fully saturated rings. The maximum Gasteiger partial charge on any atom is 0.0925 e. The van der Waals surface area contributed by atoms with E-state index in [0.717, 1.165) is 35.2 Å². The van der Waals surface area contributed by atoms with Crippen LogP contribution in [-0.2, 0) is 9.47 Å². The fraction of sp³-hybridized carbons (Fsp3) is 0.600. The van der Waals surface area contributed by atoms with Gasteiger partial charge < -0.3 is 9.47 Å². The van der Waals surface area contributed by atoms with Crippen molar-refractivity contribution in [3.8, 4) is 0 Å². The van der Waals surface area contributed by atoms with E-state index in [4.69, 9.17) is 21.1 Å². The van der Waals surface area contributed by atoms with Crippen molar-refractivity contribution in [2.24, 2.45) is 0 Å². The molecule has 0 spiro atoms. The first kappa shape index (κ1) is 15.3. The van der Waals surface area contributed by atoms with E-state index >= 15 is 0 Å². The van der Waals surface area contributed by atoms with Crippen LogP contribution >= 0.6 is 27.5 Å². The van der Waals surface area contributed by atoms with Gasteiger partial charge >= 0.3 is 0 Å². The summed E-state index contributed by atoms with van der Waals surface area (Å²) in [5.74, 6) is 0. The molecule has 0 saturated heterocycles. The zero-order valence-corrected chi connectivity index (χ0v) is 13.5. The summed E-state index contributed by atoms with van der Waals surface area (Å²) in [6, 6.07) is 7.89. The van der Waals surface area contributed by atoms with Crippen LogP contribution in [0.1, 0.15) is 37.4 Å². The highest BCUT2D eigenvalue weighted by Gasteiger charge is 2.25. The number of ether oxygens (including phenoxy) is 2. The van der Waals surface area contributed by atoms with E-state index in [0.29, 0.717) is 6.10 Å². The van der Waals surface area contributed by atoms with Crippen molar-refractivity contribution in [1.82, 2.24) is 0 Å². The normalized spacial score (nSPS) is 25.2. The highest BCUT2D eigenvalue weighted by Crippen LogP contribution is 2.30. The molecular weight excluding hydrogens is 328 g/mol. The van der Waals surface area contributed by atoms with Gasteiger partial charge in [-0.3, -0.25) is 0 Å². The van der Waals surface area contributed by atoms with Crippen molar-refractivity contribution in [1.29, 1.82) is 0 Å². The molecule has 0 heterocycles. The highest BCUT2D eigenvalue weighted by molar-refractivity contribution is 9.09. The smallest absolute Gasteiger partial charge is 0.0925 e. The zero-order chi connectivity index (χ0) is 13.7. The number of benzene rings is 1. The second-order valence-corrected chi connectivity index (χ2v) is 6.06. The number of rotatable bonds is 5. The van der Waals surface area contributed by atoms with Crippen molar-refractivity contribution < 1.29 is 9.47 Å². The number of hydrogen-bond acceptors (Lipinski definition) is 2. The zero-order valence-electron chi connectivity index (χ0n) is 11.1. The molecule has 3 unspecified atom stereocenters. The lowest BCUT2D eigenvalue weighted by atomic mass is 9.94. The largest absolute Gasteiger partial charge is 0.381 e. The van der Waals surface area contributed by atoms with Crippen LogP contribution in [-0.4, -0.2) is 24.6 Å². The van der Waals surface area contributed by atoms with Crippen molar-refractivity contribution in [3.05, 3.63) is 34.9 Å². The summed E-state index contributed by atoms with van der Waals surface area (Å²) in [4.78, 5) is 0. The third kappa shape index (κ3) is 4.45. The third-order valence-corrected chi connectivity index (χ3v) is 4.45. The Balaban J connectivity index is 1.99. The summed E-state index contributed by atoms with van der Waals surface area (Å²) in [6.45, 7) is 0. The molecule has 0 amide bonds. The van der Waals surface area contributed by atoms with Crippen LogP contribution in [0.4, 0.5) is 0 Å². The fourth-order valence-electron chi connectivity index (χ4n) is 2.58. The van der Waals surface area contributed by atoms with Gasteiger partial charge in [-0.25, -0.2) is 0 Å². The van der Waals surface area contributed by atoms with Gasteiger partial charge in [-0.15, -0.1) is 0 Å². The van der Waals surface area contributed by atoms with E-state index in [1.807, 2.05) is 18.2 Å². The van der Waals surface area contributed by atoms with Crippen LogP contribution in [0.3, 0.4) is 0 Å². The summed E-state index contributed by atoms with van der Waals surface area (Å²) < 4.78 is 11.7. The van der Waals surface area contributed by atoms with Gasteiger partial charge in [-0.05, 0) is 43.4 Å². The molecule has 19 heavy (non-hydrogen) atoms. The van der Waals surface area contributed by atoms with E-state index in [2.05, 4.69) is 22.0 Å². The minimum absolute atomic E-state index is 0.0549. The first-order chi connectivity index (χ1) is 9.22. The number of hydrogen-bond donors (Lipinski definition) is 0. The number of halogens is 2. The van der Waals surface area contributed by atoms with Gasteiger partial charge in [0.25, 0.3) is 0 Å². The first-order valence-corrected chi connectivity index (χ1v) is 8.22. The molecule has 0 bridgehead atoms. The SMILES string of the molecule is COC1CCCC(OC(CBr)c2cccc(Cl)c2)C1. The second-order valence-electron chi connectivity index (χ2n) is 4.98. The molecule has 3 atom stereocenters. The Bertz CT molecular complexity index is 399. The minimum Gasteiger partial charge on any atom is -0.381 e. The molecule has 1 aliphatic rings. The summed E-state index contributed by atoms with van der Waals surface area (Å²) in [5, 5.41) is 1.53. The maximum absolute atomic E-state index is 6.23. The third-order valence-electron chi connectivity index (χ3n) is 3.63. The Morgan fingerprint density at radius 3 is 2.84 bits per heavy atom. The first-order valence-electron chi connectivity index (χ1n) is 6.72. The average molecular weight is 348 g/mol. The molecular formula is C15H20BrClO2. The van der Waals surface area contributed by atoms with E-state index in [9.17, 15) is 0 Å². The van der Waals surface area contributed by atoms with Crippen LogP contribution in [0.15, 0.2) is 24.3 Å². The second kappa shape index (κ2) is 7.63. The minimum atomic E-state index is 0.0549. The summed E-state index contributed by atoms with van der Waals surface area (Å²) in [7, 11) is 1.78. The number of alkyl halides is 1. The molecule has 4 heteroatoms. The molecule has 2 rings (SSSR count). The van der Waals surface area contributed by atoms with Gasteiger partial charge in [-0.1, -0.05) is 39.7 Å². The van der Waals surface area contributed by atoms with Crippen LogP contribution in [0.2, 0.25) is 5.02 Å². The Labute approximate surface area is 128 Å². The highest BCUT2D eigenvalue weighted by atomic mass is 79.9. The van der Waals surface area contributed by atoms with Gasteiger partial charge in [0.2, 0.25) is 0 Å². The van der Waals surface area contributed by atoms with Crippen molar-refractivity contribution in [2.75, 3.05) is 12.4 Å². The van der Waals surface area contributed by atoms with Crippen LogP contribution in [0, 0.1) is 0 Å². The topological polar surface area (TPSA) is 18.5 Å². The van der Waals surface area contributed by atoms with E-state index in [1.165, 1.54) is 6.42 Å². The van der Waals surface area contributed by atoms with Crippen LogP contribution in [0.25, 0.3) is 0 Å². The Morgan fingerprint density at radius 1 is 1.37 bits per heavy atom. The summed E-state index contributed by atoms with van der Waals surface area (Å²) >= 11 is 9.58. The predicted molar refractivity (Wildman–Crippen MR) is 82.1 cm³/mol. The lowest BCUT2D eigenvalue weighted by Gasteiger charge is -2.31. The van der Waals surface area contributed by atoms with Crippen molar-refractivity contribution in [3.63, 3.8) is 0 Å². The summed E-state index contributed by atoms with van der Waals surface area (Å²) in [5.41, 5.74) is 1.13. The molecule has 2 nitrogen and oxygen atoms in total. The van der Waals surface area contributed by atoms with Crippen LogP contribution in [0.5, 0.6) is 0 Å². The molecule has 1 aromatic carbocycles. The standard InChI is InChI=1S/C15H20BrClO2/c1-18-13-6-3-7-14(9-13)19-15(10-16)11-4-2-5-12(17)8-11/h2,4-5,8,13-15H,3,6-7,9-10H2,1H3. The molecule has 1 aliphatic carbocycles.